The summed E-state index contributed by atoms with van der Waals surface area (Å²) in [7, 11) is 0. The minimum absolute atomic E-state index is 0. The van der Waals surface area contributed by atoms with Gasteiger partial charge < -0.3 is 10.6 Å². The highest BCUT2D eigenvalue weighted by atomic mass is 35.5. The number of hydrogen-bond donors (Lipinski definition) is 2. The van der Waals surface area contributed by atoms with E-state index in [9.17, 15) is 4.79 Å². The smallest absolute Gasteiger partial charge is 0.220 e. The molecule has 0 aliphatic carbocycles. The topological polar surface area (TPSA) is 44.4 Å². The summed E-state index contributed by atoms with van der Waals surface area (Å²) >= 11 is 0. The number of carbonyl (C=O) groups excluding carboxylic acids is 1. The molecule has 0 radical (unpaired) electrons. The Hall–Kier alpha value is -1.10. The van der Waals surface area contributed by atoms with E-state index < -0.39 is 0 Å². The van der Waals surface area contributed by atoms with Crippen LogP contribution in [0, 0.1) is 11.8 Å². The average molecular weight is 380 g/mol. The molecule has 2 fully saturated rings. The minimum Gasteiger partial charge on any atom is -0.353 e. The molecule has 2 saturated heterocycles. The summed E-state index contributed by atoms with van der Waals surface area (Å²) in [6, 6.07) is 10.9. The maximum Gasteiger partial charge on any atom is 0.220 e. The van der Waals surface area contributed by atoms with Crippen molar-refractivity contribution in [3.05, 3.63) is 35.9 Å². The summed E-state index contributed by atoms with van der Waals surface area (Å²) < 4.78 is 0. The predicted molar refractivity (Wildman–Crippen MR) is 110 cm³/mol. The van der Waals surface area contributed by atoms with Crippen LogP contribution in [0.4, 0.5) is 0 Å². The van der Waals surface area contributed by atoms with Crippen molar-refractivity contribution in [3.63, 3.8) is 0 Å². The van der Waals surface area contributed by atoms with Crippen molar-refractivity contribution < 1.29 is 4.79 Å². The van der Waals surface area contributed by atoms with Gasteiger partial charge in [-0.2, -0.15) is 0 Å². The van der Waals surface area contributed by atoms with Crippen LogP contribution in [0.1, 0.15) is 44.6 Å². The highest BCUT2D eigenvalue weighted by Crippen LogP contribution is 2.22. The lowest BCUT2D eigenvalue weighted by atomic mass is 9.93. The maximum absolute atomic E-state index is 12.3. The van der Waals surface area contributed by atoms with Gasteiger partial charge in [-0.3, -0.25) is 9.69 Å². The number of benzene rings is 1. The van der Waals surface area contributed by atoms with Crippen molar-refractivity contribution >= 4 is 18.3 Å². The SMILES string of the molecule is CC(NC(=O)CCC1CCNCC1)C1CCN(Cc2ccccc2)C1.Cl. The van der Waals surface area contributed by atoms with Gasteiger partial charge in [-0.25, -0.2) is 0 Å². The van der Waals surface area contributed by atoms with Gasteiger partial charge in [0.2, 0.25) is 5.91 Å². The van der Waals surface area contributed by atoms with Crippen LogP contribution in [-0.4, -0.2) is 43.0 Å². The second-order valence-corrected chi connectivity index (χ2v) is 7.86. The Morgan fingerprint density at radius 1 is 1.23 bits per heavy atom. The van der Waals surface area contributed by atoms with E-state index in [1.165, 1.54) is 24.8 Å². The van der Waals surface area contributed by atoms with Crippen LogP contribution >= 0.6 is 12.4 Å². The molecule has 0 saturated carbocycles. The monoisotopic (exact) mass is 379 g/mol. The van der Waals surface area contributed by atoms with E-state index in [1.807, 2.05) is 0 Å². The molecule has 2 heterocycles. The molecule has 1 aromatic carbocycles. The van der Waals surface area contributed by atoms with Crippen LogP contribution in [0.5, 0.6) is 0 Å². The Morgan fingerprint density at radius 2 is 1.96 bits per heavy atom. The Bertz CT molecular complexity index is 533. The summed E-state index contributed by atoms with van der Waals surface area (Å²) in [5.74, 6) is 1.55. The van der Waals surface area contributed by atoms with Gasteiger partial charge in [0.1, 0.15) is 0 Å². The molecule has 2 N–H and O–H groups in total. The Morgan fingerprint density at radius 3 is 2.69 bits per heavy atom. The van der Waals surface area contributed by atoms with Crippen molar-refractivity contribution in [2.45, 2.75) is 51.6 Å². The third-order valence-corrected chi connectivity index (χ3v) is 5.89. The Balaban J connectivity index is 0.00000243. The molecule has 1 aromatic rings. The molecular weight excluding hydrogens is 346 g/mol. The van der Waals surface area contributed by atoms with Crippen LogP contribution in [0.25, 0.3) is 0 Å². The van der Waals surface area contributed by atoms with Crippen LogP contribution in [0.15, 0.2) is 30.3 Å². The number of hydrogen-bond acceptors (Lipinski definition) is 3. The van der Waals surface area contributed by atoms with E-state index in [0.29, 0.717) is 12.3 Å². The maximum atomic E-state index is 12.3. The first-order chi connectivity index (χ1) is 12.2. The quantitative estimate of drug-likeness (QED) is 0.764. The lowest BCUT2D eigenvalue weighted by molar-refractivity contribution is -0.122. The predicted octanol–water partition coefficient (Wildman–Crippen LogP) is 3.21. The number of carbonyl (C=O) groups is 1. The average Bonchev–Trinajstić information content (AvgIpc) is 3.10. The van der Waals surface area contributed by atoms with Gasteiger partial charge in [-0.15, -0.1) is 12.4 Å². The van der Waals surface area contributed by atoms with E-state index >= 15 is 0 Å². The molecular formula is C21H34ClN3O. The highest BCUT2D eigenvalue weighted by Gasteiger charge is 2.28. The zero-order valence-corrected chi connectivity index (χ0v) is 16.8. The van der Waals surface area contributed by atoms with Crippen molar-refractivity contribution in [1.29, 1.82) is 0 Å². The molecule has 2 aliphatic heterocycles. The van der Waals surface area contributed by atoms with Crippen LogP contribution < -0.4 is 10.6 Å². The van der Waals surface area contributed by atoms with Gasteiger partial charge in [0, 0.05) is 25.6 Å². The number of amides is 1. The first-order valence-corrected chi connectivity index (χ1v) is 9.97. The molecule has 0 spiro atoms. The van der Waals surface area contributed by atoms with Gasteiger partial charge in [0.15, 0.2) is 0 Å². The van der Waals surface area contributed by atoms with Gasteiger partial charge in [0.05, 0.1) is 0 Å². The molecule has 2 unspecified atom stereocenters. The fraction of sp³-hybridized carbons (Fsp3) is 0.667. The fourth-order valence-corrected chi connectivity index (χ4v) is 4.21. The zero-order chi connectivity index (χ0) is 17.5. The largest absolute Gasteiger partial charge is 0.353 e. The lowest BCUT2D eigenvalue weighted by Crippen LogP contribution is -2.39. The van der Waals surface area contributed by atoms with E-state index in [2.05, 4.69) is 52.8 Å². The molecule has 1 amide bonds. The van der Waals surface area contributed by atoms with Crippen LogP contribution in [0.2, 0.25) is 0 Å². The summed E-state index contributed by atoms with van der Waals surface area (Å²) in [6.45, 7) is 7.65. The summed E-state index contributed by atoms with van der Waals surface area (Å²) in [5.41, 5.74) is 1.38. The first-order valence-electron chi connectivity index (χ1n) is 9.97. The molecule has 26 heavy (non-hydrogen) atoms. The Labute approximate surface area is 164 Å². The van der Waals surface area contributed by atoms with E-state index in [1.54, 1.807) is 0 Å². The van der Waals surface area contributed by atoms with Crippen molar-refractivity contribution in [1.82, 2.24) is 15.5 Å². The molecule has 0 aromatic heterocycles. The summed E-state index contributed by atoms with van der Waals surface area (Å²) in [5, 5.41) is 6.65. The van der Waals surface area contributed by atoms with Crippen molar-refractivity contribution in [3.8, 4) is 0 Å². The molecule has 5 heteroatoms. The molecule has 4 nitrogen and oxygen atoms in total. The zero-order valence-electron chi connectivity index (χ0n) is 16.0. The third-order valence-electron chi connectivity index (χ3n) is 5.89. The van der Waals surface area contributed by atoms with Gasteiger partial charge in [-0.05, 0) is 69.6 Å². The number of likely N-dealkylation sites (tertiary alicyclic amines) is 1. The van der Waals surface area contributed by atoms with Gasteiger partial charge in [0.25, 0.3) is 0 Å². The minimum atomic E-state index is 0. The third kappa shape index (κ3) is 6.57. The fourth-order valence-electron chi connectivity index (χ4n) is 4.21. The number of piperidine rings is 1. The summed E-state index contributed by atoms with van der Waals surface area (Å²) in [4.78, 5) is 14.8. The molecule has 2 aliphatic rings. The van der Waals surface area contributed by atoms with Crippen molar-refractivity contribution in [2.24, 2.45) is 11.8 Å². The molecule has 0 bridgehead atoms. The van der Waals surface area contributed by atoms with Crippen LogP contribution in [-0.2, 0) is 11.3 Å². The number of nitrogens with one attached hydrogen (secondary N) is 2. The second kappa shape index (κ2) is 10.9. The Kier molecular flexibility index (Phi) is 8.89. The lowest BCUT2D eigenvalue weighted by Gasteiger charge is -2.24. The van der Waals surface area contributed by atoms with Crippen LogP contribution in [0.3, 0.4) is 0 Å². The summed E-state index contributed by atoms with van der Waals surface area (Å²) in [6.07, 6.45) is 5.36. The van der Waals surface area contributed by atoms with E-state index in [0.717, 1.165) is 45.1 Å². The number of nitrogens with zero attached hydrogens (tertiary/aromatic N) is 1. The standard InChI is InChI=1S/C21H33N3O.ClH/c1-17(23-21(25)8-7-18-9-12-22-13-10-18)20-11-14-24(16-20)15-19-5-3-2-4-6-19;/h2-6,17-18,20,22H,7-16H2,1H3,(H,23,25);1H. The second-order valence-electron chi connectivity index (χ2n) is 7.86. The molecule has 3 rings (SSSR count). The normalized spacial score (nSPS) is 22.6. The van der Waals surface area contributed by atoms with Gasteiger partial charge >= 0.3 is 0 Å². The number of rotatable bonds is 7. The first kappa shape index (κ1) is 21.2. The highest BCUT2D eigenvalue weighted by molar-refractivity contribution is 5.85. The van der Waals surface area contributed by atoms with Crippen molar-refractivity contribution in [2.75, 3.05) is 26.2 Å². The van der Waals surface area contributed by atoms with E-state index in [4.69, 9.17) is 0 Å². The van der Waals surface area contributed by atoms with E-state index in [-0.39, 0.29) is 24.4 Å². The number of halogens is 1. The molecule has 2 atom stereocenters. The van der Waals surface area contributed by atoms with Gasteiger partial charge in [-0.1, -0.05) is 30.3 Å². The molecule has 146 valence electrons.